The molecule has 2 fully saturated rings. The van der Waals surface area contributed by atoms with Crippen molar-refractivity contribution in [1.29, 1.82) is 0 Å². The van der Waals surface area contributed by atoms with Crippen LogP contribution in [0, 0.1) is 5.92 Å². The van der Waals surface area contributed by atoms with Crippen molar-refractivity contribution in [3.05, 3.63) is 148 Å². The molecule has 15 nitrogen and oxygen atoms in total. The third kappa shape index (κ3) is 5.90. The number of nitrogens with zero attached hydrogens (tertiary/aromatic N) is 6. The van der Waals surface area contributed by atoms with Crippen LogP contribution >= 0.6 is 27.5 Å². The molecule has 4 atom stereocenters. The maximum absolute atomic E-state index is 15.5. The van der Waals surface area contributed by atoms with Gasteiger partial charge in [0.15, 0.2) is 23.0 Å². The third-order valence-electron chi connectivity index (χ3n) is 12.3. The largest absolute Gasteiger partial charge is 0.503 e. The molecule has 4 aromatic carbocycles. The van der Waals surface area contributed by atoms with Gasteiger partial charge in [0.25, 0.3) is 5.56 Å². The quantitative estimate of drug-likeness (QED) is 0.150. The van der Waals surface area contributed by atoms with Crippen molar-refractivity contribution < 1.29 is 28.9 Å². The second-order valence-corrected chi connectivity index (χ2v) is 16.5. The Bertz CT molecular complexity index is 3050. The van der Waals surface area contributed by atoms with Crippen LogP contribution in [0.1, 0.15) is 35.2 Å². The van der Waals surface area contributed by atoms with E-state index in [1.807, 2.05) is 24.3 Å². The highest BCUT2D eigenvalue weighted by Gasteiger charge is 2.68. The number of amides is 2. The van der Waals surface area contributed by atoms with E-state index in [0.29, 0.717) is 49.9 Å². The number of hydrogen-bond donors (Lipinski definition) is 1. The molecule has 61 heavy (non-hydrogen) atoms. The second kappa shape index (κ2) is 15.0. The number of ether oxygens (including phenoxy) is 3. The van der Waals surface area contributed by atoms with Gasteiger partial charge in [-0.15, -0.1) is 0 Å². The van der Waals surface area contributed by atoms with Gasteiger partial charge in [0.1, 0.15) is 5.69 Å². The molecular weight excluding hydrogens is 872 g/mol. The molecule has 6 aromatic rings. The van der Waals surface area contributed by atoms with Crippen LogP contribution in [-0.2, 0) is 41.6 Å². The fraction of sp³-hybridized carbons (Fsp3) is 0.273. The first-order chi connectivity index (χ1) is 29.3. The smallest absolute Gasteiger partial charge is 0.347 e. The van der Waals surface area contributed by atoms with Crippen molar-refractivity contribution in [2.75, 3.05) is 26.2 Å². The molecule has 2 aromatic heterocycles. The summed E-state index contributed by atoms with van der Waals surface area (Å²) in [4.78, 5) is 78.8. The van der Waals surface area contributed by atoms with Crippen molar-refractivity contribution in [2.45, 2.75) is 43.3 Å². The van der Waals surface area contributed by atoms with Gasteiger partial charge in [-0.2, -0.15) is 0 Å². The van der Waals surface area contributed by atoms with Crippen LogP contribution in [0.25, 0.3) is 11.0 Å². The molecule has 1 N–H and O–H groups in total. The summed E-state index contributed by atoms with van der Waals surface area (Å²) in [6.07, 6.45) is 1.78. The lowest BCUT2D eigenvalue weighted by atomic mass is 9.53. The van der Waals surface area contributed by atoms with Crippen LogP contribution in [0.2, 0.25) is 5.02 Å². The van der Waals surface area contributed by atoms with Crippen LogP contribution in [0.3, 0.4) is 0 Å². The lowest BCUT2D eigenvalue weighted by Gasteiger charge is -2.49. The Morgan fingerprint density at radius 2 is 1.61 bits per heavy atom. The summed E-state index contributed by atoms with van der Waals surface area (Å²) in [5, 5.41) is 11.3. The van der Waals surface area contributed by atoms with Gasteiger partial charge in [0.05, 0.1) is 66.4 Å². The van der Waals surface area contributed by atoms with E-state index in [0.717, 1.165) is 4.57 Å². The number of halogens is 2. The number of phenolic OH excluding ortho intramolecular Hbond substituents is 1. The fourth-order valence-electron chi connectivity index (χ4n) is 9.63. The lowest BCUT2D eigenvalue weighted by molar-refractivity contribution is -0.124. The maximum atomic E-state index is 15.5. The number of hydrogen-bond acceptors (Lipinski definition) is 10. The lowest BCUT2D eigenvalue weighted by Crippen LogP contribution is -2.53. The average molecular weight is 910 g/mol. The summed E-state index contributed by atoms with van der Waals surface area (Å²) in [6.45, 7) is -0.205. The Balaban J connectivity index is 1.20. The second-order valence-electron chi connectivity index (χ2n) is 15.2. The van der Waals surface area contributed by atoms with Gasteiger partial charge < -0.3 is 23.9 Å². The Labute approximate surface area is 360 Å². The molecule has 2 amide bonds. The van der Waals surface area contributed by atoms with Gasteiger partial charge in [0.2, 0.25) is 11.8 Å². The molecule has 1 saturated carbocycles. The first-order valence-corrected chi connectivity index (χ1v) is 20.5. The number of rotatable bonds is 9. The maximum Gasteiger partial charge on any atom is 0.347 e. The van der Waals surface area contributed by atoms with Gasteiger partial charge in [-0.25, -0.2) is 33.4 Å². The molecule has 0 bridgehead atoms. The van der Waals surface area contributed by atoms with Crippen LogP contribution < -0.4 is 36.0 Å². The highest BCUT2D eigenvalue weighted by atomic mass is 79.9. The van der Waals surface area contributed by atoms with E-state index in [2.05, 4.69) is 20.9 Å². The fourth-order valence-corrected chi connectivity index (χ4v) is 10.3. The number of carbonyl (C=O) groups excluding carboxylic acids is 2. The number of imide groups is 1. The number of fused-ring (bicyclic) bond motifs is 5. The predicted molar refractivity (Wildman–Crippen MR) is 229 cm³/mol. The number of methoxy groups -OCH3 is 3. The van der Waals surface area contributed by atoms with E-state index >= 15 is 9.59 Å². The molecule has 3 aliphatic rings. The van der Waals surface area contributed by atoms with Crippen molar-refractivity contribution in [3.8, 4) is 23.0 Å². The van der Waals surface area contributed by atoms with E-state index in [9.17, 15) is 19.5 Å². The van der Waals surface area contributed by atoms with E-state index in [1.165, 1.54) is 40.2 Å². The Morgan fingerprint density at radius 3 is 2.31 bits per heavy atom. The molecule has 2 aliphatic heterocycles. The number of benzene rings is 4. The van der Waals surface area contributed by atoms with Gasteiger partial charge in [0, 0.05) is 43.1 Å². The summed E-state index contributed by atoms with van der Waals surface area (Å²) >= 11 is 9.90. The molecule has 312 valence electrons. The average Bonchev–Trinajstić information content (AvgIpc) is 3.65. The van der Waals surface area contributed by atoms with Crippen molar-refractivity contribution in [3.63, 3.8) is 0 Å². The Hall–Kier alpha value is -6.39. The van der Waals surface area contributed by atoms with Crippen molar-refractivity contribution in [2.24, 2.45) is 13.0 Å². The van der Waals surface area contributed by atoms with Crippen LogP contribution in [0.15, 0.2) is 109 Å². The predicted octanol–water partition coefficient (Wildman–Crippen LogP) is 5.24. The van der Waals surface area contributed by atoms with Crippen LogP contribution in [0.4, 0.5) is 5.69 Å². The third-order valence-corrected chi connectivity index (χ3v) is 13.2. The van der Waals surface area contributed by atoms with E-state index < -0.39 is 52.0 Å². The molecule has 4 unspecified atom stereocenters. The van der Waals surface area contributed by atoms with Crippen LogP contribution in [0.5, 0.6) is 23.0 Å². The van der Waals surface area contributed by atoms with E-state index in [4.69, 9.17) is 25.8 Å². The topological polar surface area (TPSA) is 169 Å². The summed E-state index contributed by atoms with van der Waals surface area (Å²) in [6, 6.07) is 21.3. The highest BCUT2D eigenvalue weighted by molar-refractivity contribution is 9.10. The molecule has 17 heteroatoms. The van der Waals surface area contributed by atoms with Gasteiger partial charge in [-0.1, -0.05) is 54.1 Å². The standard InChI is InChI=1S/C44H38BrClN6O9/c1-48-33-22-35(60-3)34(59-2)21-31(33)47-30(40(48)55)14-15-49-42(57)50-16-13-27-32(52(50)43(49)58)20-28-39(54)51(26-12-8-11-25(46)19-26)41(56)44(28,24-9-6-5-7-10-24)37(27)23-17-29(45)38(53)36(18-23)61-4/h5-13,17-19,21-22,28,32,37,53H,14-16,20H2,1-4H3. The number of aromatic hydroxyl groups is 1. The molecule has 1 saturated heterocycles. The molecule has 1 aliphatic carbocycles. The number of aromatic nitrogens is 5. The first-order valence-electron chi connectivity index (χ1n) is 19.3. The zero-order chi connectivity index (χ0) is 43.1. The number of aryl methyl sites for hydroxylation is 2. The van der Waals surface area contributed by atoms with Gasteiger partial charge >= 0.3 is 11.4 Å². The molecule has 0 spiro atoms. The molecule has 9 rings (SSSR count). The number of anilines is 1. The number of carbonyl (C=O) groups is 2. The Kier molecular flexibility index (Phi) is 9.82. The monoisotopic (exact) mass is 908 g/mol. The Morgan fingerprint density at radius 1 is 0.885 bits per heavy atom. The van der Waals surface area contributed by atoms with Crippen molar-refractivity contribution >= 4 is 56.1 Å². The van der Waals surface area contributed by atoms with Crippen LogP contribution in [-0.4, -0.2) is 61.7 Å². The zero-order valence-corrected chi connectivity index (χ0v) is 35.6. The minimum absolute atomic E-state index is 0.0172. The molecule has 0 radical (unpaired) electrons. The van der Waals surface area contributed by atoms with Crippen molar-refractivity contribution in [1.82, 2.24) is 23.5 Å². The molecular formula is C44H38BrClN6O9. The first kappa shape index (κ1) is 40.0. The van der Waals surface area contributed by atoms with Gasteiger partial charge in [-0.05, 0) is 69.4 Å². The van der Waals surface area contributed by atoms with E-state index in [-0.39, 0.29) is 47.6 Å². The zero-order valence-electron chi connectivity index (χ0n) is 33.3. The highest BCUT2D eigenvalue weighted by Crippen LogP contribution is 2.63. The normalized spacial score (nSPS) is 20.6. The minimum atomic E-state index is -1.56. The summed E-state index contributed by atoms with van der Waals surface area (Å²) < 4.78 is 21.9. The summed E-state index contributed by atoms with van der Waals surface area (Å²) in [5.74, 6) is -2.14. The number of phenols is 1. The van der Waals surface area contributed by atoms with E-state index in [1.54, 1.807) is 67.7 Å². The number of allylic oxidation sites excluding steroid dienone is 2. The minimum Gasteiger partial charge on any atom is -0.503 e. The summed E-state index contributed by atoms with van der Waals surface area (Å²) in [5.41, 5.74) is -0.111. The SMILES string of the molecule is COc1cc2nc(CCn3c(=O)n4n(c3=O)C3CC5C(=O)N(c6cccc(Cl)c6)C(=O)C5(c5ccccc5)C(c5cc(Br)c(O)c(OC)c5)C3=CC4)c(=O)n(C)c2cc1OC. The summed E-state index contributed by atoms with van der Waals surface area (Å²) in [7, 11) is 6.00. The molecule has 4 heterocycles. The van der Waals surface area contributed by atoms with Gasteiger partial charge in [-0.3, -0.25) is 14.4 Å².